The van der Waals surface area contributed by atoms with E-state index in [-0.39, 0.29) is 18.2 Å². The highest BCUT2D eigenvalue weighted by atomic mass is 19.2. The first-order valence-corrected chi connectivity index (χ1v) is 14.0. The summed E-state index contributed by atoms with van der Waals surface area (Å²) in [5, 5.41) is 9.04. The van der Waals surface area contributed by atoms with Crippen LogP contribution in [0.3, 0.4) is 0 Å². The summed E-state index contributed by atoms with van der Waals surface area (Å²) >= 11 is 0. The predicted molar refractivity (Wildman–Crippen MR) is 160 cm³/mol. The van der Waals surface area contributed by atoms with Crippen LogP contribution in [-0.4, -0.2) is 51.1 Å². The molecule has 41 heavy (non-hydrogen) atoms. The Morgan fingerprint density at radius 1 is 1.10 bits per heavy atom. The topological polar surface area (TPSA) is 83.4 Å². The van der Waals surface area contributed by atoms with Gasteiger partial charge in [0.05, 0.1) is 22.4 Å². The second-order valence-corrected chi connectivity index (χ2v) is 10.3. The molecule has 1 saturated heterocycles. The minimum Gasteiger partial charge on any atom is -0.481 e. The maximum absolute atomic E-state index is 13.8. The maximum Gasteiger partial charge on any atom is 0.303 e. The summed E-state index contributed by atoms with van der Waals surface area (Å²) in [6, 6.07) is 5.27. The number of halogens is 2. The number of hydrogen-bond acceptors (Lipinski definition) is 4. The standard InChI is InChI=1S/C33H39F2N3O3/c1-6-11-21(4)26(12-7-2)32-29(13-9-10-14-31(39)40)36-30-18-24(15-16-28(30)37-32)33(41)38-19-25(20-38)23(8-3)17-27(35)22(5)34/h6-8,11-12,15-18,22,25H,9-10,13-14,19-20H2,1-5H3,(H,39,40)/b11-6+,12-7-,23-8+,26-21+,27-17+. The fraction of sp³-hybridized carbons (Fsp3) is 0.394. The van der Waals surface area contributed by atoms with Crippen LogP contribution in [0.1, 0.15) is 75.6 Å². The quantitative estimate of drug-likeness (QED) is 0.213. The van der Waals surface area contributed by atoms with Crippen molar-refractivity contribution in [3.8, 4) is 0 Å². The molecule has 1 aliphatic rings. The summed E-state index contributed by atoms with van der Waals surface area (Å²) in [7, 11) is 0. The molecule has 1 amide bonds. The molecule has 2 aromatic rings. The SMILES string of the molecule is C\C=C/C(=C(C)\C=C\C)c1nc2ccc(C(=O)N3CC(C(=C/C)/C=C(/F)C(C)F)C3)cc2nc1CCCCC(=O)O. The predicted octanol–water partition coefficient (Wildman–Crippen LogP) is 7.58. The number of aryl methyl sites for hydroxylation is 1. The summed E-state index contributed by atoms with van der Waals surface area (Å²) in [6.07, 6.45) is 11.0. The molecule has 0 radical (unpaired) electrons. The molecule has 1 aromatic carbocycles. The lowest BCUT2D eigenvalue weighted by Gasteiger charge is -2.40. The Kier molecular flexibility index (Phi) is 11.3. The number of alkyl halides is 1. The Morgan fingerprint density at radius 3 is 2.41 bits per heavy atom. The van der Waals surface area contributed by atoms with Gasteiger partial charge in [-0.15, -0.1) is 0 Å². The number of carboxylic acid groups (broad SMARTS) is 1. The third kappa shape index (κ3) is 8.06. The first-order chi connectivity index (χ1) is 19.6. The molecular weight excluding hydrogens is 524 g/mol. The molecule has 2 heterocycles. The fourth-order valence-electron chi connectivity index (χ4n) is 4.83. The number of likely N-dealkylation sites (tertiary alicyclic amines) is 1. The van der Waals surface area contributed by atoms with Crippen LogP contribution in [0, 0.1) is 5.92 Å². The maximum atomic E-state index is 13.8. The van der Waals surface area contributed by atoms with E-state index in [1.165, 1.54) is 6.08 Å². The van der Waals surface area contributed by atoms with Crippen LogP contribution < -0.4 is 0 Å². The highest BCUT2D eigenvalue weighted by Crippen LogP contribution is 2.30. The van der Waals surface area contributed by atoms with Gasteiger partial charge >= 0.3 is 5.97 Å². The number of carbonyl (C=O) groups excluding carboxylic acids is 1. The molecule has 1 aliphatic heterocycles. The van der Waals surface area contributed by atoms with E-state index < -0.39 is 18.0 Å². The molecule has 1 unspecified atom stereocenters. The monoisotopic (exact) mass is 563 g/mol. The number of benzene rings is 1. The lowest BCUT2D eigenvalue weighted by Crippen LogP contribution is -2.50. The van der Waals surface area contributed by atoms with Gasteiger partial charge in [0.1, 0.15) is 12.0 Å². The minimum absolute atomic E-state index is 0.0501. The Morgan fingerprint density at radius 2 is 1.80 bits per heavy atom. The van der Waals surface area contributed by atoms with Gasteiger partial charge < -0.3 is 10.0 Å². The molecule has 8 heteroatoms. The number of carbonyl (C=O) groups is 2. The molecule has 1 fully saturated rings. The number of unbranched alkanes of at least 4 members (excludes halogenated alkanes) is 1. The van der Waals surface area contributed by atoms with Gasteiger partial charge in [0.25, 0.3) is 5.91 Å². The number of aliphatic carboxylic acids is 1. The number of nitrogens with zero attached hydrogens (tertiary/aromatic N) is 3. The highest BCUT2D eigenvalue weighted by Gasteiger charge is 2.33. The molecule has 0 saturated carbocycles. The van der Waals surface area contributed by atoms with E-state index in [1.54, 1.807) is 36.1 Å². The van der Waals surface area contributed by atoms with Gasteiger partial charge in [-0.1, -0.05) is 30.4 Å². The van der Waals surface area contributed by atoms with E-state index in [2.05, 4.69) is 0 Å². The molecule has 3 rings (SSSR count). The third-order valence-electron chi connectivity index (χ3n) is 7.13. The van der Waals surface area contributed by atoms with Crippen LogP contribution >= 0.6 is 0 Å². The van der Waals surface area contributed by atoms with Crippen LogP contribution in [0.25, 0.3) is 16.6 Å². The van der Waals surface area contributed by atoms with E-state index in [9.17, 15) is 18.4 Å². The van der Waals surface area contributed by atoms with E-state index in [4.69, 9.17) is 15.1 Å². The van der Waals surface area contributed by atoms with Gasteiger partial charge in [0, 0.05) is 36.6 Å². The van der Waals surface area contributed by atoms with Gasteiger partial charge in [-0.25, -0.2) is 18.7 Å². The van der Waals surface area contributed by atoms with Crippen molar-refractivity contribution in [2.75, 3.05) is 13.1 Å². The summed E-state index contributed by atoms with van der Waals surface area (Å²) in [6.45, 7) is 9.68. The normalized spacial score (nSPS) is 16.4. The van der Waals surface area contributed by atoms with Crippen molar-refractivity contribution in [2.45, 2.75) is 66.5 Å². The van der Waals surface area contributed by atoms with E-state index in [0.717, 1.165) is 29.5 Å². The zero-order chi connectivity index (χ0) is 30.1. The van der Waals surface area contributed by atoms with Crippen molar-refractivity contribution in [3.05, 3.63) is 88.6 Å². The molecule has 0 bridgehead atoms. The van der Waals surface area contributed by atoms with Crippen molar-refractivity contribution in [1.82, 2.24) is 14.9 Å². The number of fused-ring (bicyclic) bond motifs is 1. The zero-order valence-electron chi connectivity index (χ0n) is 24.5. The molecular formula is C33H39F2N3O3. The second-order valence-electron chi connectivity index (χ2n) is 10.3. The Balaban J connectivity index is 1.92. The smallest absolute Gasteiger partial charge is 0.303 e. The average Bonchev–Trinajstić information content (AvgIpc) is 2.91. The van der Waals surface area contributed by atoms with E-state index >= 15 is 0 Å². The van der Waals surface area contributed by atoms with Crippen molar-refractivity contribution in [3.63, 3.8) is 0 Å². The number of hydrogen-bond donors (Lipinski definition) is 1. The van der Waals surface area contributed by atoms with Crippen LogP contribution in [-0.2, 0) is 11.2 Å². The third-order valence-corrected chi connectivity index (χ3v) is 7.13. The average molecular weight is 564 g/mol. The summed E-state index contributed by atoms with van der Waals surface area (Å²) in [5.41, 5.74) is 5.86. The van der Waals surface area contributed by atoms with Crippen molar-refractivity contribution >= 4 is 28.5 Å². The number of allylic oxidation sites excluding steroid dienone is 9. The van der Waals surface area contributed by atoms with Gasteiger partial charge in [-0.05, 0) is 89.3 Å². The van der Waals surface area contributed by atoms with Gasteiger partial charge in [-0.3, -0.25) is 9.59 Å². The molecule has 0 spiro atoms. The van der Waals surface area contributed by atoms with E-state index in [0.29, 0.717) is 54.5 Å². The lowest BCUT2D eigenvalue weighted by molar-refractivity contribution is -0.137. The first kappa shape index (κ1) is 31.6. The van der Waals surface area contributed by atoms with Gasteiger partial charge in [0.15, 0.2) is 0 Å². The summed E-state index contributed by atoms with van der Waals surface area (Å²) in [4.78, 5) is 35.8. The first-order valence-electron chi connectivity index (χ1n) is 14.0. The molecule has 6 nitrogen and oxygen atoms in total. The van der Waals surface area contributed by atoms with Crippen LogP contribution in [0.4, 0.5) is 8.78 Å². The minimum atomic E-state index is -1.67. The van der Waals surface area contributed by atoms with Crippen LogP contribution in [0.15, 0.2) is 71.6 Å². The summed E-state index contributed by atoms with van der Waals surface area (Å²) < 4.78 is 27.1. The Hall–Kier alpha value is -3.94. The van der Waals surface area contributed by atoms with Gasteiger partial charge in [-0.2, -0.15) is 0 Å². The Labute approximate surface area is 240 Å². The molecule has 1 atom stereocenters. The number of amides is 1. The van der Waals surface area contributed by atoms with Crippen molar-refractivity contribution in [1.29, 1.82) is 0 Å². The fourth-order valence-corrected chi connectivity index (χ4v) is 4.83. The molecule has 218 valence electrons. The second kappa shape index (κ2) is 14.6. The van der Waals surface area contributed by atoms with Crippen LogP contribution in [0.2, 0.25) is 0 Å². The number of carboxylic acids is 1. The molecule has 1 N–H and O–H groups in total. The van der Waals surface area contributed by atoms with E-state index in [1.807, 2.05) is 45.1 Å². The summed E-state index contributed by atoms with van der Waals surface area (Å²) in [5.74, 6) is -1.85. The zero-order valence-corrected chi connectivity index (χ0v) is 24.5. The Bertz CT molecular complexity index is 1430. The highest BCUT2D eigenvalue weighted by molar-refractivity contribution is 5.98. The number of aromatic nitrogens is 2. The van der Waals surface area contributed by atoms with Crippen molar-refractivity contribution < 1.29 is 23.5 Å². The van der Waals surface area contributed by atoms with Gasteiger partial charge in [0.2, 0.25) is 0 Å². The van der Waals surface area contributed by atoms with Crippen LogP contribution in [0.5, 0.6) is 0 Å². The van der Waals surface area contributed by atoms with Crippen molar-refractivity contribution in [2.24, 2.45) is 5.92 Å². The number of rotatable bonds is 12. The lowest BCUT2D eigenvalue weighted by atomic mass is 9.89. The molecule has 1 aromatic heterocycles. The molecule has 0 aliphatic carbocycles. The largest absolute Gasteiger partial charge is 0.481 e.